The van der Waals surface area contributed by atoms with Crippen molar-refractivity contribution in [1.82, 2.24) is 0 Å². The van der Waals surface area contributed by atoms with Gasteiger partial charge in [0.15, 0.2) is 0 Å². The Balaban J connectivity index is 1.42. The van der Waals surface area contributed by atoms with E-state index in [0.29, 0.717) is 23.5 Å². The van der Waals surface area contributed by atoms with Crippen LogP contribution in [-0.2, 0) is 16.0 Å². The number of halogens is 3. The molecule has 0 amide bonds. The molecule has 0 aliphatic rings. The second-order valence-corrected chi connectivity index (χ2v) is 8.67. The predicted molar refractivity (Wildman–Crippen MR) is 148 cm³/mol. The number of nitrogens with one attached hydrogen (secondary N) is 2. The molecule has 10 heteroatoms. The van der Waals surface area contributed by atoms with Gasteiger partial charge in [-0.05, 0) is 72.2 Å². The molecule has 0 saturated heterocycles. The van der Waals surface area contributed by atoms with Crippen molar-refractivity contribution >= 4 is 29.4 Å². The zero-order valence-corrected chi connectivity index (χ0v) is 22.2. The van der Waals surface area contributed by atoms with E-state index in [1.54, 1.807) is 30.3 Å². The third kappa shape index (κ3) is 10.0. The van der Waals surface area contributed by atoms with Gasteiger partial charge >= 0.3 is 18.1 Å². The van der Waals surface area contributed by atoms with Crippen molar-refractivity contribution in [2.45, 2.75) is 25.4 Å². The fraction of sp³-hybridized carbons (Fsp3) is 0.267. The molecule has 0 aliphatic heterocycles. The van der Waals surface area contributed by atoms with Gasteiger partial charge in [0.25, 0.3) is 0 Å². The van der Waals surface area contributed by atoms with E-state index in [1.807, 2.05) is 32.3 Å². The average Bonchev–Trinajstić information content (AvgIpc) is 2.95. The molecule has 0 aliphatic carbocycles. The number of alkyl halides is 3. The third-order valence-corrected chi connectivity index (χ3v) is 5.75. The topological polar surface area (TPSA) is 85.9 Å². The van der Waals surface area contributed by atoms with Crippen LogP contribution in [0.3, 0.4) is 0 Å². The van der Waals surface area contributed by atoms with Crippen LogP contribution in [0.5, 0.6) is 11.5 Å². The van der Waals surface area contributed by atoms with E-state index in [2.05, 4.69) is 10.6 Å². The number of ether oxygens (including phenoxy) is 3. The summed E-state index contributed by atoms with van der Waals surface area (Å²) in [6, 6.07) is 18.4. The maximum absolute atomic E-state index is 12.4. The van der Waals surface area contributed by atoms with E-state index >= 15 is 0 Å². The highest BCUT2D eigenvalue weighted by Crippen LogP contribution is 2.23. The molecule has 0 unspecified atom stereocenters. The molecular weight excluding hydrogens is 525 g/mol. The summed E-state index contributed by atoms with van der Waals surface area (Å²) in [5, 5.41) is 6.21. The second-order valence-electron chi connectivity index (χ2n) is 8.67. The highest BCUT2D eigenvalue weighted by Gasteiger charge is 2.26. The Morgan fingerprint density at radius 1 is 0.875 bits per heavy atom. The first-order valence-electron chi connectivity index (χ1n) is 12.6. The quantitative estimate of drug-likeness (QED) is 0.107. The Hall–Kier alpha value is -4.47. The molecular formula is C30H31F3N2O5. The molecule has 0 fully saturated rings. The zero-order chi connectivity index (χ0) is 29.0. The lowest BCUT2D eigenvalue weighted by Gasteiger charge is -2.11. The highest BCUT2D eigenvalue weighted by atomic mass is 19.4. The minimum Gasteiger partial charge on any atom is -0.494 e. The van der Waals surface area contributed by atoms with Crippen molar-refractivity contribution in [3.63, 3.8) is 0 Å². The van der Waals surface area contributed by atoms with E-state index in [-0.39, 0.29) is 25.2 Å². The van der Waals surface area contributed by atoms with Gasteiger partial charge in [-0.3, -0.25) is 0 Å². The standard InChI is InChI=1S/C30H31F3N2O5/c1-34-24-10-7-22(27(20-24)35-2)16-19-39-28(36)15-6-21-4-11-26(12-5-21)40-29(37)23-8-13-25(14-9-23)38-18-3-17-30(31,32)33/h4-15,20,34-35H,3,16-19H2,1-2H3/b15-6+. The van der Waals surface area contributed by atoms with Crippen molar-refractivity contribution in [1.29, 1.82) is 0 Å². The van der Waals surface area contributed by atoms with Crippen LogP contribution in [0, 0.1) is 0 Å². The van der Waals surface area contributed by atoms with Crippen LogP contribution in [0.15, 0.2) is 72.8 Å². The molecule has 40 heavy (non-hydrogen) atoms. The first-order chi connectivity index (χ1) is 19.2. The van der Waals surface area contributed by atoms with E-state index in [1.165, 1.54) is 30.3 Å². The maximum atomic E-state index is 12.4. The molecule has 0 atom stereocenters. The molecule has 2 N–H and O–H groups in total. The lowest BCUT2D eigenvalue weighted by atomic mass is 10.1. The number of anilines is 2. The number of esters is 2. The zero-order valence-electron chi connectivity index (χ0n) is 22.2. The van der Waals surface area contributed by atoms with Crippen LogP contribution in [0.25, 0.3) is 6.08 Å². The van der Waals surface area contributed by atoms with Gasteiger partial charge in [-0.2, -0.15) is 13.2 Å². The van der Waals surface area contributed by atoms with Gasteiger partial charge in [0.05, 0.1) is 18.8 Å². The van der Waals surface area contributed by atoms with Gasteiger partial charge in [-0.1, -0.05) is 18.2 Å². The van der Waals surface area contributed by atoms with E-state index < -0.39 is 24.5 Å². The smallest absolute Gasteiger partial charge is 0.389 e. The molecule has 7 nitrogen and oxygen atoms in total. The van der Waals surface area contributed by atoms with Gasteiger partial charge < -0.3 is 24.8 Å². The van der Waals surface area contributed by atoms with Crippen molar-refractivity contribution in [3.8, 4) is 11.5 Å². The number of rotatable bonds is 13. The minimum absolute atomic E-state index is 0.0784. The third-order valence-electron chi connectivity index (χ3n) is 5.75. The minimum atomic E-state index is -4.21. The Bertz CT molecular complexity index is 1290. The lowest BCUT2D eigenvalue weighted by molar-refractivity contribution is -0.138. The molecule has 3 aromatic rings. The summed E-state index contributed by atoms with van der Waals surface area (Å²) >= 11 is 0. The number of hydrogen-bond donors (Lipinski definition) is 2. The summed E-state index contributed by atoms with van der Waals surface area (Å²) in [7, 11) is 3.68. The number of benzene rings is 3. The molecule has 3 rings (SSSR count). The van der Waals surface area contributed by atoms with Crippen LogP contribution in [-0.4, -0.2) is 45.4 Å². The van der Waals surface area contributed by atoms with Gasteiger partial charge in [0.2, 0.25) is 0 Å². The number of carbonyl (C=O) groups is 2. The van der Waals surface area contributed by atoms with E-state index in [9.17, 15) is 22.8 Å². The van der Waals surface area contributed by atoms with Crippen LogP contribution < -0.4 is 20.1 Å². The van der Waals surface area contributed by atoms with Crippen LogP contribution in [0.1, 0.15) is 34.3 Å². The number of carbonyl (C=O) groups excluding carboxylic acids is 2. The summed E-state index contributed by atoms with van der Waals surface area (Å²) in [6.07, 6.45) is -1.78. The van der Waals surface area contributed by atoms with Gasteiger partial charge in [-0.25, -0.2) is 9.59 Å². The first-order valence-corrected chi connectivity index (χ1v) is 12.6. The summed E-state index contributed by atoms with van der Waals surface area (Å²) in [4.78, 5) is 24.5. The molecule has 0 saturated carbocycles. The summed E-state index contributed by atoms with van der Waals surface area (Å²) in [6.45, 7) is 0.155. The average molecular weight is 557 g/mol. The molecule has 0 spiro atoms. The van der Waals surface area contributed by atoms with Gasteiger partial charge in [-0.15, -0.1) is 0 Å². The van der Waals surface area contributed by atoms with Gasteiger partial charge in [0.1, 0.15) is 11.5 Å². The van der Waals surface area contributed by atoms with E-state index in [4.69, 9.17) is 14.2 Å². The molecule has 212 valence electrons. The number of hydrogen-bond acceptors (Lipinski definition) is 7. The SMILES string of the molecule is CNc1ccc(CCOC(=O)/C=C/c2ccc(OC(=O)c3ccc(OCCCC(F)(F)F)cc3)cc2)c(NC)c1. The van der Waals surface area contributed by atoms with Gasteiger partial charge in [0, 0.05) is 44.4 Å². The highest BCUT2D eigenvalue weighted by molar-refractivity contribution is 5.91. The summed E-state index contributed by atoms with van der Waals surface area (Å²) in [5.41, 5.74) is 3.95. The fourth-order valence-electron chi connectivity index (χ4n) is 3.62. The summed E-state index contributed by atoms with van der Waals surface area (Å²) in [5.74, 6) is -0.403. The molecule has 0 aromatic heterocycles. The Morgan fingerprint density at radius 2 is 1.57 bits per heavy atom. The predicted octanol–water partition coefficient (Wildman–Crippen LogP) is 6.51. The molecule has 0 radical (unpaired) electrons. The van der Waals surface area contributed by atoms with Crippen LogP contribution >= 0.6 is 0 Å². The van der Waals surface area contributed by atoms with Crippen molar-refractivity contribution in [3.05, 3.63) is 89.5 Å². The largest absolute Gasteiger partial charge is 0.494 e. The molecule has 0 bridgehead atoms. The Kier molecular flexibility index (Phi) is 11.0. The molecule has 3 aromatic carbocycles. The van der Waals surface area contributed by atoms with Crippen molar-refractivity contribution < 1.29 is 37.0 Å². The second kappa shape index (κ2) is 14.6. The van der Waals surface area contributed by atoms with E-state index in [0.717, 1.165) is 16.9 Å². The van der Waals surface area contributed by atoms with Crippen LogP contribution in [0.2, 0.25) is 0 Å². The monoisotopic (exact) mass is 556 g/mol. The maximum Gasteiger partial charge on any atom is 0.389 e. The summed E-state index contributed by atoms with van der Waals surface area (Å²) < 4.78 is 52.5. The Labute approximate surface area is 230 Å². The lowest BCUT2D eigenvalue weighted by Crippen LogP contribution is -2.10. The fourth-order valence-corrected chi connectivity index (χ4v) is 3.62. The van der Waals surface area contributed by atoms with Crippen molar-refractivity contribution in [2.75, 3.05) is 37.9 Å². The Morgan fingerprint density at radius 3 is 2.23 bits per heavy atom. The molecule has 0 heterocycles. The van der Waals surface area contributed by atoms with Crippen LogP contribution in [0.4, 0.5) is 24.5 Å². The first kappa shape index (κ1) is 30.1. The normalized spacial score (nSPS) is 11.2. The van der Waals surface area contributed by atoms with Crippen molar-refractivity contribution in [2.24, 2.45) is 0 Å².